The lowest BCUT2D eigenvalue weighted by atomic mass is 9.93. The van der Waals surface area contributed by atoms with Crippen LogP contribution in [0.1, 0.15) is 35.2 Å². The molecular formula is C21H23NO4. The van der Waals surface area contributed by atoms with E-state index in [1.807, 2.05) is 59.5 Å². The van der Waals surface area contributed by atoms with Crippen molar-refractivity contribution in [3.05, 3.63) is 65.7 Å². The Morgan fingerprint density at radius 2 is 1.65 bits per heavy atom. The SMILES string of the molecule is O=C(O)CC1CCN(C(=O)c2ccccc2COc2ccccc2)CC1. The van der Waals surface area contributed by atoms with Crippen LogP contribution in [0.3, 0.4) is 0 Å². The first kappa shape index (κ1) is 18.0. The topological polar surface area (TPSA) is 66.8 Å². The molecule has 5 heteroatoms. The fourth-order valence-corrected chi connectivity index (χ4v) is 3.29. The van der Waals surface area contributed by atoms with Crippen molar-refractivity contribution in [2.45, 2.75) is 25.9 Å². The summed E-state index contributed by atoms with van der Waals surface area (Å²) in [5.74, 6) is 0.154. The third-order valence-electron chi connectivity index (χ3n) is 4.75. The molecule has 3 rings (SSSR count). The number of piperidine rings is 1. The Labute approximate surface area is 153 Å². The Morgan fingerprint density at radius 1 is 1.00 bits per heavy atom. The van der Waals surface area contributed by atoms with Gasteiger partial charge in [0.1, 0.15) is 12.4 Å². The van der Waals surface area contributed by atoms with Crippen molar-refractivity contribution in [3.8, 4) is 5.75 Å². The highest BCUT2D eigenvalue weighted by molar-refractivity contribution is 5.95. The fraction of sp³-hybridized carbons (Fsp3) is 0.333. The van der Waals surface area contributed by atoms with Crippen LogP contribution in [0.4, 0.5) is 0 Å². The molecule has 2 aromatic carbocycles. The molecule has 1 N–H and O–H groups in total. The molecule has 0 unspecified atom stereocenters. The number of carbonyl (C=O) groups is 2. The molecule has 1 aliphatic heterocycles. The molecule has 5 nitrogen and oxygen atoms in total. The van der Waals surface area contributed by atoms with Crippen molar-refractivity contribution in [1.82, 2.24) is 4.90 Å². The minimum atomic E-state index is -0.766. The Bertz CT molecular complexity index is 752. The van der Waals surface area contributed by atoms with Crippen LogP contribution in [-0.4, -0.2) is 35.0 Å². The lowest BCUT2D eigenvalue weighted by Crippen LogP contribution is -2.39. The van der Waals surface area contributed by atoms with Crippen LogP contribution >= 0.6 is 0 Å². The number of carboxylic acid groups (broad SMARTS) is 1. The van der Waals surface area contributed by atoms with Gasteiger partial charge in [0.25, 0.3) is 5.91 Å². The van der Waals surface area contributed by atoms with Crippen molar-refractivity contribution >= 4 is 11.9 Å². The number of carbonyl (C=O) groups excluding carboxylic acids is 1. The van der Waals surface area contributed by atoms with Gasteiger partial charge in [0, 0.05) is 30.6 Å². The van der Waals surface area contributed by atoms with Crippen LogP contribution in [0.15, 0.2) is 54.6 Å². The highest BCUT2D eigenvalue weighted by Gasteiger charge is 2.26. The zero-order chi connectivity index (χ0) is 18.4. The first-order chi connectivity index (χ1) is 12.6. The summed E-state index contributed by atoms with van der Waals surface area (Å²) < 4.78 is 5.80. The predicted octanol–water partition coefficient (Wildman–Crippen LogP) is 3.59. The van der Waals surface area contributed by atoms with E-state index in [2.05, 4.69) is 0 Å². The lowest BCUT2D eigenvalue weighted by Gasteiger charge is -2.31. The number of hydrogen-bond donors (Lipinski definition) is 1. The maximum Gasteiger partial charge on any atom is 0.303 e. The molecule has 0 aromatic heterocycles. The second kappa shape index (κ2) is 8.52. The summed E-state index contributed by atoms with van der Waals surface area (Å²) in [6, 6.07) is 17.0. The fourth-order valence-electron chi connectivity index (χ4n) is 3.29. The molecule has 26 heavy (non-hydrogen) atoms. The van der Waals surface area contributed by atoms with Gasteiger partial charge in [-0.15, -0.1) is 0 Å². The normalized spacial score (nSPS) is 14.8. The van der Waals surface area contributed by atoms with Gasteiger partial charge in [0.15, 0.2) is 0 Å². The largest absolute Gasteiger partial charge is 0.489 e. The molecule has 0 radical (unpaired) electrons. The van der Waals surface area contributed by atoms with E-state index in [9.17, 15) is 9.59 Å². The number of hydrogen-bond acceptors (Lipinski definition) is 3. The second-order valence-electron chi connectivity index (χ2n) is 6.59. The van der Waals surface area contributed by atoms with Gasteiger partial charge < -0.3 is 14.7 Å². The van der Waals surface area contributed by atoms with E-state index in [1.165, 1.54) is 0 Å². The van der Waals surface area contributed by atoms with E-state index in [4.69, 9.17) is 9.84 Å². The Hall–Kier alpha value is -2.82. The minimum Gasteiger partial charge on any atom is -0.489 e. The molecule has 136 valence electrons. The molecule has 2 aromatic rings. The summed E-state index contributed by atoms with van der Waals surface area (Å²) in [6.07, 6.45) is 1.66. The van der Waals surface area contributed by atoms with Gasteiger partial charge in [-0.05, 0) is 37.0 Å². The van der Waals surface area contributed by atoms with Crippen LogP contribution < -0.4 is 4.74 Å². The van der Waals surface area contributed by atoms with E-state index in [0.29, 0.717) is 25.3 Å². The van der Waals surface area contributed by atoms with E-state index >= 15 is 0 Å². The zero-order valence-corrected chi connectivity index (χ0v) is 14.6. The molecule has 1 saturated heterocycles. The summed E-state index contributed by atoms with van der Waals surface area (Å²) in [7, 11) is 0. The minimum absolute atomic E-state index is 0.00830. The third kappa shape index (κ3) is 4.63. The Kier molecular flexibility index (Phi) is 5.89. The Morgan fingerprint density at radius 3 is 2.35 bits per heavy atom. The maximum absolute atomic E-state index is 12.9. The first-order valence-corrected chi connectivity index (χ1v) is 8.90. The predicted molar refractivity (Wildman–Crippen MR) is 98.1 cm³/mol. The molecule has 1 fully saturated rings. The number of para-hydroxylation sites is 1. The highest BCUT2D eigenvalue weighted by atomic mass is 16.5. The van der Waals surface area contributed by atoms with E-state index < -0.39 is 5.97 Å². The van der Waals surface area contributed by atoms with Crippen molar-refractivity contribution < 1.29 is 19.4 Å². The third-order valence-corrected chi connectivity index (χ3v) is 4.75. The molecule has 1 amide bonds. The van der Waals surface area contributed by atoms with Gasteiger partial charge in [0.2, 0.25) is 0 Å². The highest BCUT2D eigenvalue weighted by Crippen LogP contribution is 2.23. The molecule has 1 heterocycles. The molecule has 0 spiro atoms. The molecule has 0 atom stereocenters. The zero-order valence-electron chi connectivity index (χ0n) is 14.6. The smallest absolute Gasteiger partial charge is 0.303 e. The quantitative estimate of drug-likeness (QED) is 0.862. The van der Waals surface area contributed by atoms with Crippen LogP contribution in [0.25, 0.3) is 0 Å². The van der Waals surface area contributed by atoms with Crippen LogP contribution in [0.2, 0.25) is 0 Å². The van der Waals surface area contributed by atoms with Crippen LogP contribution in [0.5, 0.6) is 5.75 Å². The van der Waals surface area contributed by atoms with Gasteiger partial charge in [-0.2, -0.15) is 0 Å². The molecular weight excluding hydrogens is 330 g/mol. The van der Waals surface area contributed by atoms with Crippen molar-refractivity contribution in [1.29, 1.82) is 0 Å². The van der Waals surface area contributed by atoms with Gasteiger partial charge in [-0.25, -0.2) is 0 Å². The number of benzene rings is 2. The first-order valence-electron chi connectivity index (χ1n) is 8.90. The van der Waals surface area contributed by atoms with Gasteiger partial charge >= 0.3 is 5.97 Å². The molecule has 0 bridgehead atoms. The van der Waals surface area contributed by atoms with Crippen molar-refractivity contribution in [3.63, 3.8) is 0 Å². The standard InChI is InChI=1S/C21H23NO4/c23-20(24)14-16-10-12-22(13-11-16)21(25)19-9-5-4-6-17(19)15-26-18-7-2-1-3-8-18/h1-9,16H,10-15H2,(H,23,24). The summed E-state index contributed by atoms with van der Waals surface area (Å²) in [6.45, 7) is 1.54. The number of nitrogens with zero attached hydrogens (tertiary/aromatic N) is 1. The number of rotatable bonds is 6. The number of likely N-dealkylation sites (tertiary alicyclic amines) is 1. The number of ether oxygens (including phenoxy) is 1. The van der Waals surface area contributed by atoms with Crippen LogP contribution in [0, 0.1) is 5.92 Å². The molecule has 0 saturated carbocycles. The average Bonchev–Trinajstić information content (AvgIpc) is 2.67. The Balaban J connectivity index is 1.64. The summed E-state index contributed by atoms with van der Waals surface area (Å²) >= 11 is 0. The van der Waals surface area contributed by atoms with Gasteiger partial charge in [0.05, 0.1) is 0 Å². The van der Waals surface area contributed by atoms with Crippen molar-refractivity contribution in [2.75, 3.05) is 13.1 Å². The lowest BCUT2D eigenvalue weighted by molar-refractivity contribution is -0.138. The summed E-state index contributed by atoms with van der Waals surface area (Å²) in [4.78, 5) is 25.6. The molecule has 0 aliphatic carbocycles. The summed E-state index contributed by atoms with van der Waals surface area (Å²) in [5, 5.41) is 8.91. The monoisotopic (exact) mass is 353 g/mol. The number of aliphatic carboxylic acids is 1. The van der Waals surface area contributed by atoms with Crippen LogP contribution in [-0.2, 0) is 11.4 Å². The molecule has 1 aliphatic rings. The maximum atomic E-state index is 12.9. The average molecular weight is 353 g/mol. The van der Waals surface area contributed by atoms with E-state index in [1.54, 1.807) is 0 Å². The van der Waals surface area contributed by atoms with Crippen molar-refractivity contribution in [2.24, 2.45) is 5.92 Å². The number of carboxylic acids is 1. The number of amides is 1. The van der Waals surface area contributed by atoms with E-state index in [-0.39, 0.29) is 18.2 Å². The second-order valence-corrected chi connectivity index (χ2v) is 6.59. The van der Waals surface area contributed by atoms with E-state index in [0.717, 1.165) is 24.2 Å². The van der Waals surface area contributed by atoms with Gasteiger partial charge in [-0.3, -0.25) is 9.59 Å². The summed E-state index contributed by atoms with van der Waals surface area (Å²) in [5.41, 5.74) is 1.51. The van der Waals surface area contributed by atoms with Gasteiger partial charge in [-0.1, -0.05) is 36.4 Å².